The van der Waals surface area contributed by atoms with Crippen molar-refractivity contribution in [1.82, 2.24) is 10.2 Å². The number of carbonyl (C=O) groups is 2. The van der Waals surface area contributed by atoms with Gasteiger partial charge in [0.25, 0.3) is 10.0 Å². The average molecular weight is 563 g/mol. The van der Waals surface area contributed by atoms with E-state index in [1.54, 1.807) is 81.4 Å². The number of anilines is 1. The van der Waals surface area contributed by atoms with Crippen LogP contribution in [0.1, 0.15) is 25.0 Å². The van der Waals surface area contributed by atoms with Crippen LogP contribution in [0.3, 0.4) is 0 Å². The van der Waals surface area contributed by atoms with Crippen LogP contribution in [0.15, 0.2) is 77.7 Å². The van der Waals surface area contributed by atoms with Crippen molar-refractivity contribution in [3.8, 4) is 0 Å². The molecule has 0 radical (unpaired) electrons. The van der Waals surface area contributed by atoms with Crippen molar-refractivity contribution in [3.63, 3.8) is 0 Å². The molecule has 1 atom stereocenters. The molecule has 0 aliphatic carbocycles. The molecule has 10 heteroatoms. The third-order valence-electron chi connectivity index (χ3n) is 5.85. The van der Waals surface area contributed by atoms with Gasteiger partial charge in [0.1, 0.15) is 12.6 Å². The van der Waals surface area contributed by atoms with Gasteiger partial charge in [-0.05, 0) is 68.3 Å². The lowest BCUT2D eigenvalue weighted by molar-refractivity contribution is -0.139. The van der Waals surface area contributed by atoms with E-state index < -0.39 is 28.5 Å². The quantitative estimate of drug-likeness (QED) is 0.375. The molecule has 3 aromatic rings. The van der Waals surface area contributed by atoms with Crippen LogP contribution >= 0.6 is 23.2 Å². The van der Waals surface area contributed by atoms with E-state index in [0.717, 1.165) is 4.31 Å². The molecule has 3 rings (SSSR count). The van der Waals surface area contributed by atoms with Gasteiger partial charge in [-0.2, -0.15) is 0 Å². The Bertz CT molecular complexity index is 1370. The van der Waals surface area contributed by atoms with Crippen molar-refractivity contribution < 1.29 is 18.0 Å². The third-order valence-corrected chi connectivity index (χ3v) is 8.23. The van der Waals surface area contributed by atoms with Crippen molar-refractivity contribution in [1.29, 1.82) is 0 Å². The normalized spacial score (nSPS) is 12.0. The molecule has 3 aromatic carbocycles. The Kier molecular flexibility index (Phi) is 9.59. The second kappa shape index (κ2) is 12.4. The molecule has 37 heavy (non-hydrogen) atoms. The molecule has 0 saturated heterocycles. The molecule has 196 valence electrons. The number of hydrogen-bond donors (Lipinski definition) is 1. The lowest BCUT2D eigenvalue weighted by atomic mass is 10.1. The Morgan fingerprint density at radius 3 is 2.24 bits per heavy atom. The number of amides is 2. The molecular formula is C27H29Cl2N3O4S. The summed E-state index contributed by atoms with van der Waals surface area (Å²) in [5, 5.41) is 3.60. The van der Waals surface area contributed by atoms with Crippen molar-refractivity contribution in [2.45, 2.75) is 38.3 Å². The van der Waals surface area contributed by atoms with E-state index in [1.165, 1.54) is 17.0 Å². The number of benzene rings is 3. The summed E-state index contributed by atoms with van der Waals surface area (Å²) in [6, 6.07) is 18.8. The van der Waals surface area contributed by atoms with E-state index in [-0.39, 0.29) is 17.3 Å². The number of hydrogen-bond acceptors (Lipinski definition) is 4. The zero-order valence-corrected chi connectivity index (χ0v) is 23.1. The van der Waals surface area contributed by atoms with Gasteiger partial charge in [-0.1, -0.05) is 59.6 Å². The van der Waals surface area contributed by atoms with Gasteiger partial charge in [0.05, 0.1) is 10.6 Å². The van der Waals surface area contributed by atoms with E-state index in [2.05, 4.69) is 5.32 Å². The predicted molar refractivity (Wildman–Crippen MR) is 147 cm³/mol. The predicted octanol–water partition coefficient (Wildman–Crippen LogP) is 5.05. The van der Waals surface area contributed by atoms with Crippen molar-refractivity contribution >= 4 is 50.7 Å². The number of carbonyl (C=O) groups excluding carboxylic acids is 2. The summed E-state index contributed by atoms with van der Waals surface area (Å²) in [7, 11) is -4.14. The van der Waals surface area contributed by atoms with E-state index in [9.17, 15) is 18.0 Å². The molecule has 7 nitrogen and oxygen atoms in total. The van der Waals surface area contributed by atoms with E-state index in [0.29, 0.717) is 33.4 Å². The highest BCUT2D eigenvalue weighted by Crippen LogP contribution is 2.29. The molecule has 0 saturated carbocycles. The molecule has 2 amide bonds. The van der Waals surface area contributed by atoms with Crippen molar-refractivity contribution in [3.05, 3.63) is 94.0 Å². The summed E-state index contributed by atoms with van der Waals surface area (Å²) in [5.74, 6) is -0.921. The number of nitrogens with one attached hydrogen (secondary N) is 1. The average Bonchev–Trinajstić information content (AvgIpc) is 2.87. The molecule has 1 unspecified atom stereocenters. The maximum Gasteiger partial charge on any atom is 0.264 e. The first-order valence-electron chi connectivity index (χ1n) is 11.7. The molecular weight excluding hydrogens is 533 g/mol. The molecule has 0 aliphatic heterocycles. The summed E-state index contributed by atoms with van der Waals surface area (Å²) in [4.78, 5) is 27.9. The summed E-state index contributed by atoms with van der Waals surface area (Å²) < 4.78 is 28.6. The van der Waals surface area contributed by atoms with Gasteiger partial charge in [-0.15, -0.1) is 0 Å². The minimum Gasteiger partial charge on any atom is -0.355 e. The summed E-state index contributed by atoms with van der Waals surface area (Å²) in [6.07, 6.45) is 0. The van der Waals surface area contributed by atoms with Crippen LogP contribution in [0.2, 0.25) is 10.0 Å². The van der Waals surface area contributed by atoms with Gasteiger partial charge >= 0.3 is 0 Å². The van der Waals surface area contributed by atoms with Gasteiger partial charge in [-0.3, -0.25) is 13.9 Å². The highest BCUT2D eigenvalue weighted by molar-refractivity contribution is 7.92. The molecule has 0 spiro atoms. The minimum atomic E-state index is -4.14. The smallest absolute Gasteiger partial charge is 0.264 e. The Morgan fingerprint density at radius 1 is 0.973 bits per heavy atom. The van der Waals surface area contributed by atoms with Gasteiger partial charge in [-0.25, -0.2) is 8.42 Å². The second-order valence-electron chi connectivity index (χ2n) is 8.44. The third kappa shape index (κ3) is 6.83. The van der Waals surface area contributed by atoms with Crippen LogP contribution in [-0.4, -0.2) is 44.3 Å². The molecule has 0 aliphatic rings. The summed E-state index contributed by atoms with van der Waals surface area (Å²) in [6.45, 7) is 4.98. The first-order chi connectivity index (χ1) is 17.6. The fourth-order valence-electron chi connectivity index (χ4n) is 3.85. The van der Waals surface area contributed by atoms with E-state index >= 15 is 0 Å². The number of nitrogens with zero attached hydrogens (tertiary/aromatic N) is 2. The SMILES string of the molecule is CCNC(=O)C(C)N(Cc1ccccc1Cl)C(=O)CN(c1ccc(Cl)cc1C)S(=O)(=O)c1ccccc1. The monoisotopic (exact) mass is 561 g/mol. The maximum absolute atomic E-state index is 13.8. The van der Waals surface area contributed by atoms with Crippen LogP contribution in [0.5, 0.6) is 0 Å². The van der Waals surface area contributed by atoms with Crippen LogP contribution < -0.4 is 9.62 Å². The van der Waals surface area contributed by atoms with Crippen LogP contribution in [0.4, 0.5) is 5.69 Å². The highest BCUT2D eigenvalue weighted by Gasteiger charge is 2.33. The number of rotatable bonds is 10. The summed E-state index contributed by atoms with van der Waals surface area (Å²) in [5.41, 5.74) is 1.52. The van der Waals surface area contributed by atoms with Crippen LogP contribution in [-0.2, 0) is 26.2 Å². The molecule has 0 bridgehead atoms. The lowest BCUT2D eigenvalue weighted by Gasteiger charge is -2.32. The first-order valence-corrected chi connectivity index (χ1v) is 13.9. The maximum atomic E-state index is 13.8. The van der Waals surface area contributed by atoms with Crippen molar-refractivity contribution in [2.24, 2.45) is 0 Å². The van der Waals surface area contributed by atoms with Gasteiger partial charge in [0, 0.05) is 23.1 Å². The number of aryl methyl sites for hydroxylation is 1. The van der Waals surface area contributed by atoms with Crippen LogP contribution in [0, 0.1) is 6.92 Å². The molecule has 0 aromatic heterocycles. The largest absolute Gasteiger partial charge is 0.355 e. The molecule has 0 heterocycles. The zero-order chi connectivity index (χ0) is 27.2. The zero-order valence-electron chi connectivity index (χ0n) is 20.8. The highest BCUT2D eigenvalue weighted by atomic mass is 35.5. The standard InChI is InChI=1S/C27H29Cl2N3O4S/c1-4-30-27(34)20(3)31(17-21-10-8-9-13-24(21)29)26(33)18-32(25-15-14-22(28)16-19(25)2)37(35,36)23-11-6-5-7-12-23/h5-16,20H,4,17-18H2,1-3H3,(H,30,34). The van der Waals surface area contributed by atoms with Crippen molar-refractivity contribution in [2.75, 3.05) is 17.4 Å². The number of likely N-dealkylation sites (N-methyl/N-ethyl adjacent to an activating group) is 1. The van der Waals surface area contributed by atoms with Gasteiger partial charge in [0.15, 0.2) is 0 Å². The number of halogens is 2. The second-order valence-corrected chi connectivity index (χ2v) is 11.1. The summed E-state index contributed by atoms with van der Waals surface area (Å²) >= 11 is 12.5. The minimum absolute atomic E-state index is 0.0234. The van der Waals surface area contributed by atoms with Gasteiger partial charge < -0.3 is 10.2 Å². The Morgan fingerprint density at radius 2 is 1.62 bits per heavy atom. The Balaban J connectivity index is 2.07. The van der Waals surface area contributed by atoms with Gasteiger partial charge in [0.2, 0.25) is 11.8 Å². The fourth-order valence-corrected chi connectivity index (χ4v) is 5.77. The molecule has 0 fully saturated rings. The molecule has 1 N–H and O–H groups in total. The number of sulfonamides is 1. The van der Waals surface area contributed by atoms with E-state index in [4.69, 9.17) is 23.2 Å². The fraction of sp³-hybridized carbons (Fsp3) is 0.259. The Labute approximate surface area is 228 Å². The van der Waals surface area contributed by atoms with E-state index in [1.807, 2.05) is 0 Å². The topological polar surface area (TPSA) is 86.8 Å². The lowest BCUT2D eigenvalue weighted by Crippen LogP contribution is -2.51. The Hall–Kier alpha value is -3.07. The van der Waals surface area contributed by atoms with Crippen LogP contribution in [0.25, 0.3) is 0 Å². The first kappa shape index (κ1) is 28.5.